The average molecular weight is 153 g/mol. The van der Waals surface area contributed by atoms with Crippen LogP contribution in [0.3, 0.4) is 0 Å². The fourth-order valence-corrected chi connectivity index (χ4v) is 1.71. The predicted octanol–water partition coefficient (Wildman–Crippen LogP) is 2.44. The summed E-state index contributed by atoms with van der Waals surface area (Å²) in [6, 6.07) is 1.41. The molecule has 1 aliphatic heterocycles. The van der Waals surface area contributed by atoms with E-state index in [2.05, 4.69) is 32.4 Å². The summed E-state index contributed by atoms with van der Waals surface area (Å²) < 4.78 is 0. The van der Waals surface area contributed by atoms with Crippen molar-refractivity contribution >= 4 is 0 Å². The van der Waals surface area contributed by atoms with Gasteiger partial charge in [0.25, 0.3) is 0 Å². The Hall–Kier alpha value is -0.300. The van der Waals surface area contributed by atoms with E-state index in [4.69, 9.17) is 0 Å². The van der Waals surface area contributed by atoms with Crippen LogP contribution in [-0.2, 0) is 0 Å². The van der Waals surface area contributed by atoms with Crippen LogP contribution in [0.1, 0.15) is 33.1 Å². The summed E-state index contributed by atoms with van der Waals surface area (Å²) >= 11 is 0. The summed E-state index contributed by atoms with van der Waals surface area (Å²) in [7, 11) is 2.22. The van der Waals surface area contributed by atoms with Gasteiger partial charge in [-0.05, 0) is 40.2 Å². The maximum atomic E-state index is 4.07. The second-order valence-electron chi connectivity index (χ2n) is 3.86. The van der Waals surface area contributed by atoms with E-state index in [0.29, 0.717) is 6.04 Å². The highest BCUT2D eigenvalue weighted by Gasteiger charge is 2.20. The lowest BCUT2D eigenvalue weighted by atomic mass is 10.1. The summed E-state index contributed by atoms with van der Waals surface area (Å²) in [5, 5.41) is 0. The Balaban J connectivity index is 2.61. The Bertz CT molecular complexity index is 151. The third-order valence-electron chi connectivity index (χ3n) is 2.89. The third kappa shape index (κ3) is 2.06. The molecule has 0 N–H and O–H groups in total. The van der Waals surface area contributed by atoms with E-state index in [0.717, 1.165) is 6.04 Å². The van der Waals surface area contributed by atoms with Gasteiger partial charge in [0.15, 0.2) is 0 Å². The third-order valence-corrected chi connectivity index (χ3v) is 2.89. The minimum Gasteiger partial charge on any atom is -0.301 e. The van der Waals surface area contributed by atoms with Crippen LogP contribution in [0.5, 0.6) is 0 Å². The van der Waals surface area contributed by atoms with E-state index in [1.165, 1.54) is 24.8 Å². The van der Waals surface area contributed by atoms with Crippen molar-refractivity contribution in [3.63, 3.8) is 0 Å². The monoisotopic (exact) mass is 153 g/mol. The Morgan fingerprint density at radius 3 is 2.64 bits per heavy atom. The van der Waals surface area contributed by atoms with Crippen LogP contribution in [0.4, 0.5) is 0 Å². The molecular formula is C10H19N. The minimum absolute atomic E-state index is 0.681. The van der Waals surface area contributed by atoms with Crippen LogP contribution in [-0.4, -0.2) is 24.0 Å². The Morgan fingerprint density at radius 2 is 2.00 bits per heavy atom. The molecule has 0 aromatic heterocycles. The first-order chi connectivity index (χ1) is 5.11. The molecule has 0 aliphatic carbocycles. The summed E-state index contributed by atoms with van der Waals surface area (Å²) in [6.45, 7) is 8.65. The van der Waals surface area contributed by atoms with Gasteiger partial charge < -0.3 is 4.90 Å². The van der Waals surface area contributed by atoms with Crippen molar-refractivity contribution in [2.45, 2.75) is 45.2 Å². The first-order valence-corrected chi connectivity index (χ1v) is 4.50. The molecule has 0 aromatic carbocycles. The van der Waals surface area contributed by atoms with E-state index in [1.807, 2.05) is 0 Å². The van der Waals surface area contributed by atoms with E-state index < -0.39 is 0 Å². The quantitative estimate of drug-likeness (QED) is 0.483. The molecule has 0 aromatic rings. The first-order valence-electron chi connectivity index (χ1n) is 4.50. The second-order valence-corrected chi connectivity index (χ2v) is 3.86. The molecular weight excluding hydrogens is 134 g/mol. The van der Waals surface area contributed by atoms with Crippen LogP contribution in [0.2, 0.25) is 0 Å². The highest BCUT2D eigenvalue weighted by atomic mass is 15.1. The molecule has 1 aliphatic rings. The van der Waals surface area contributed by atoms with E-state index >= 15 is 0 Å². The van der Waals surface area contributed by atoms with Crippen molar-refractivity contribution in [1.29, 1.82) is 0 Å². The number of rotatable bonds is 0. The molecule has 0 radical (unpaired) electrons. The van der Waals surface area contributed by atoms with Gasteiger partial charge in [-0.1, -0.05) is 12.2 Å². The van der Waals surface area contributed by atoms with Crippen LogP contribution in [0.25, 0.3) is 0 Å². The zero-order chi connectivity index (χ0) is 8.43. The fourth-order valence-electron chi connectivity index (χ4n) is 1.71. The van der Waals surface area contributed by atoms with E-state index in [1.54, 1.807) is 0 Å². The molecule has 0 unspecified atom stereocenters. The Morgan fingerprint density at radius 1 is 1.36 bits per heavy atom. The van der Waals surface area contributed by atoms with Gasteiger partial charge in [0.1, 0.15) is 0 Å². The molecule has 0 saturated carbocycles. The molecule has 0 amide bonds. The van der Waals surface area contributed by atoms with Gasteiger partial charge in [-0.25, -0.2) is 0 Å². The molecule has 64 valence electrons. The zero-order valence-electron chi connectivity index (χ0n) is 7.93. The molecule has 0 bridgehead atoms. The SMILES string of the molecule is C=C1CC[C@H](C)N(C)[C@H](C)C1. The lowest BCUT2D eigenvalue weighted by Crippen LogP contribution is -2.34. The number of nitrogens with zero attached hydrogens (tertiary/aromatic N) is 1. The van der Waals surface area contributed by atoms with Gasteiger partial charge in [0, 0.05) is 12.1 Å². The zero-order valence-corrected chi connectivity index (χ0v) is 7.93. The summed E-state index contributed by atoms with van der Waals surface area (Å²) in [6.07, 6.45) is 3.68. The molecule has 11 heavy (non-hydrogen) atoms. The molecule has 1 heteroatoms. The highest BCUT2D eigenvalue weighted by molar-refractivity contribution is 5.00. The number of likely N-dealkylation sites (tertiary alicyclic amines) is 1. The number of hydrogen-bond acceptors (Lipinski definition) is 1. The summed E-state index contributed by atoms with van der Waals surface area (Å²) in [5.74, 6) is 0. The number of hydrogen-bond donors (Lipinski definition) is 0. The molecule has 1 heterocycles. The van der Waals surface area contributed by atoms with Crippen molar-refractivity contribution in [2.24, 2.45) is 0 Å². The normalized spacial score (nSPS) is 35.4. The van der Waals surface area contributed by atoms with Crippen molar-refractivity contribution in [3.05, 3.63) is 12.2 Å². The highest BCUT2D eigenvalue weighted by Crippen LogP contribution is 2.22. The van der Waals surface area contributed by atoms with Gasteiger partial charge in [0.05, 0.1) is 0 Å². The smallest absolute Gasteiger partial charge is 0.0104 e. The van der Waals surface area contributed by atoms with Gasteiger partial charge in [0.2, 0.25) is 0 Å². The minimum atomic E-state index is 0.681. The van der Waals surface area contributed by atoms with Crippen molar-refractivity contribution in [2.75, 3.05) is 7.05 Å². The van der Waals surface area contributed by atoms with Crippen LogP contribution < -0.4 is 0 Å². The topological polar surface area (TPSA) is 3.24 Å². The lowest BCUT2D eigenvalue weighted by molar-refractivity contribution is 0.201. The molecule has 2 atom stereocenters. The maximum absolute atomic E-state index is 4.07. The molecule has 0 spiro atoms. The molecule has 1 fully saturated rings. The van der Waals surface area contributed by atoms with Crippen molar-refractivity contribution in [1.82, 2.24) is 4.90 Å². The van der Waals surface area contributed by atoms with Crippen LogP contribution in [0.15, 0.2) is 12.2 Å². The predicted molar refractivity (Wildman–Crippen MR) is 49.7 cm³/mol. The fraction of sp³-hybridized carbons (Fsp3) is 0.800. The standard InChI is InChI=1S/C10H19N/c1-8-5-6-9(2)11(4)10(3)7-8/h9-10H,1,5-7H2,2-4H3/t9-,10+/m0/s1. The molecule has 1 saturated heterocycles. The molecule has 1 nitrogen and oxygen atoms in total. The van der Waals surface area contributed by atoms with Gasteiger partial charge >= 0.3 is 0 Å². The lowest BCUT2D eigenvalue weighted by Gasteiger charge is -2.27. The van der Waals surface area contributed by atoms with E-state index in [-0.39, 0.29) is 0 Å². The van der Waals surface area contributed by atoms with Crippen LogP contribution in [0, 0.1) is 0 Å². The Kier molecular flexibility index (Phi) is 2.72. The van der Waals surface area contributed by atoms with Crippen LogP contribution >= 0.6 is 0 Å². The summed E-state index contributed by atoms with van der Waals surface area (Å²) in [5.41, 5.74) is 1.42. The van der Waals surface area contributed by atoms with Gasteiger partial charge in [-0.3, -0.25) is 0 Å². The average Bonchev–Trinajstić information content (AvgIpc) is 2.05. The van der Waals surface area contributed by atoms with Crippen molar-refractivity contribution in [3.8, 4) is 0 Å². The summed E-state index contributed by atoms with van der Waals surface area (Å²) in [4.78, 5) is 2.46. The first kappa shape index (κ1) is 8.79. The maximum Gasteiger partial charge on any atom is 0.0104 e. The molecule has 1 rings (SSSR count). The second kappa shape index (κ2) is 3.40. The van der Waals surface area contributed by atoms with Gasteiger partial charge in [-0.15, -0.1) is 0 Å². The van der Waals surface area contributed by atoms with Crippen molar-refractivity contribution < 1.29 is 0 Å². The largest absolute Gasteiger partial charge is 0.301 e. The van der Waals surface area contributed by atoms with E-state index in [9.17, 15) is 0 Å². The van der Waals surface area contributed by atoms with Gasteiger partial charge in [-0.2, -0.15) is 0 Å². The Labute approximate surface area is 70.1 Å².